The number of aromatic nitrogens is 7. The van der Waals surface area contributed by atoms with E-state index in [0.717, 1.165) is 43.3 Å². The van der Waals surface area contributed by atoms with Crippen LogP contribution in [0.15, 0.2) is 49.2 Å². The van der Waals surface area contributed by atoms with Crippen LogP contribution in [-0.2, 0) is 0 Å². The van der Waals surface area contributed by atoms with Crippen molar-refractivity contribution in [3.8, 4) is 22.0 Å². The van der Waals surface area contributed by atoms with Gasteiger partial charge in [0, 0.05) is 39.1 Å². The van der Waals surface area contributed by atoms with Crippen LogP contribution in [-0.4, -0.2) is 35.1 Å². The third kappa shape index (κ3) is 3.57. The summed E-state index contributed by atoms with van der Waals surface area (Å²) in [4.78, 5) is 23.4. The number of fused-ring (bicyclic) bond motifs is 1. The van der Waals surface area contributed by atoms with Gasteiger partial charge in [0.15, 0.2) is 5.82 Å². The summed E-state index contributed by atoms with van der Waals surface area (Å²) in [6.45, 7) is 8.28. The largest absolute Gasteiger partial charge is 0.335 e. The summed E-state index contributed by atoms with van der Waals surface area (Å²) in [6.07, 6.45) is 12.6. The Kier molecular flexibility index (Phi) is 4.76. The minimum absolute atomic E-state index is 0.660. The average molecular weight is 426 g/mol. The van der Waals surface area contributed by atoms with Crippen LogP contribution in [0.25, 0.3) is 51.2 Å². The maximum Gasteiger partial charge on any atom is 0.159 e. The van der Waals surface area contributed by atoms with E-state index in [4.69, 9.17) is 4.98 Å². The highest BCUT2D eigenvalue weighted by molar-refractivity contribution is 7.15. The lowest BCUT2D eigenvalue weighted by atomic mass is 10.2. The van der Waals surface area contributed by atoms with Crippen molar-refractivity contribution in [2.75, 3.05) is 0 Å². The molecule has 5 aromatic heterocycles. The molecule has 0 aromatic carbocycles. The Hall–Kier alpha value is -3.91. The van der Waals surface area contributed by atoms with E-state index in [1.807, 2.05) is 25.3 Å². The van der Waals surface area contributed by atoms with Crippen molar-refractivity contribution in [3.05, 3.63) is 70.3 Å². The van der Waals surface area contributed by atoms with E-state index >= 15 is 0 Å². The average Bonchev–Trinajstić information content (AvgIpc) is 3.50. The van der Waals surface area contributed by atoms with Crippen molar-refractivity contribution < 1.29 is 0 Å². The summed E-state index contributed by atoms with van der Waals surface area (Å²) in [5.41, 5.74) is 5.25. The molecule has 2 N–H and O–H groups in total. The molecule has 152 valence electrons. The molecule has 5 rings (SSSR count). The van der Waals surface area contributed by atoms with E-state index < -0.39 is 0 Å². The Morgan fingerprint density at radius 2 is 2.03 bits per heavy atom. The predicted octanol–water partition coefficient (Wildman–Crippen LogP) is 3.47. The summed E-state index contributed by atoms with van der Waals surface area (Å²) in [5, 5.41) is 9.08. The first kappa shape index (κ1) is 19.1. The Morgan fingerprint density at radius 1 is 1.13 bits per heavy atom. The van der Waals surface area contributed by atoms with Gasteiger partial charge in [-0.05, 0) is 37.6 Å². The monoisotopic (exact) mass is 425 g/mol. The molecular formula is C23H19N7S. The third-order valence-corrected chi connectivity index (χ3v) is 6.02. The lowest BCUT2D eigenvalue weighted by molar-refractivity contribution is 1.06. The predicted molar refractivity (Wildman–Crippen MR) is 124 cm³/mol. The van der Waals surface area contributed by atoms with E-state index in [0.29, 0.717) is 11.5 Å². The molecule has 0 saturated heterocycles. The molecule has 0 radical (unpaired) electrons. The number of nitrogens with one attached hydrogen (secondary N) is 2. The maximum absolute atomic E-state index is 4.83. The molecule has 0 saturated carbocycles. The van der Waals surface area contributed by atoms with Gasteiger partial charge in [0.05, 0.1) is 29.0 Å². The van der Waals surface area contributed by atoms with Gasteiger partial charge in [-0.2, -0.15) is 5.10 Å². The first-order valence-corrected chi connectivity index (χ1v) is 10.5. The van der Waals surface area contributed by atoms with Gasteiger partial charge in [-0.1, -0.05) is 12.7 Å². The highest BCUT2D eigenvalue weighted by Gasteiger charge is 2.14. The van der Waals surface area contributed by atoms with Gasteiger partial charge in [0.1, 0.15) is 11.2 Å². The molecule has 31 heavy (non-hydrogen) atoms. The third-order valence-electron chi connectivity index (χ3n) is 4.99. The first-order chi connectivity index (χ1) is 15.1. The number of aryl methyl sites for hydroxylation is 1. The highest BCUT2D eigenvalue weighted by atomic mass is 32.1. The number of hydrogen-bond donors (Lipinski definition) is 2. The number of aromatic amines is 2. The minimum atomic E-state index is 0.660. The topological polar surface area (TPSA) is 96.0 Å². The zero-order chi connectivity index (χ0) is 21.4. The molecule has 8 heteroatoms. The fraction of sp³-hybridized carbons (Fsp3) is 0.0870. The number of pyridine rings is 1. The van der Waals surface area contributed by atoms with E-state index in [1.54, 1.807) is 36.1 Å². The standard InChI is InChI=1S/C23H19N7S/c1-13(18-11-24-8-9-26-18)4-6-17-15(3)21(30-29-17)23-27-19-12-25-10-16(22(19)28-23)20-7-5-14(2)31-20/h4-12,29H,3H2,1-2H3,(H,27,28)/b13-4+,17-6+. The summed E-state index contributed by atoms with van der Waals surface area (Å²) in [6, 6.07) is 4.21. The molecule has 0 amide bonds. The zero-order valence-corrected chi connectivity index (χ0v) is 17.9. The van der Waals surface area contributed by atoms with Gasteiger partial charge in [-0.3, -0.25) is 20.1 Å². The molecule has 0 aliphatic rings. The number of thiophene rings is 1. The Bertz CT molecular complexity index is 1520. The highest BCUT2D eigenvalue weighted by Crippen LogP contribution is 2.32. The van der Waals surface area contributed by atoms with Gasteiger partial charge in [0.2, 0.25) is 0 Å². The van der Waals surface area contributed by atoms with Gasteiger partial charge >= 0.3 is 0 Å². The van der Waals surface area contributed by atoms with E-state index in [2.05, 4.69) is 55.8 Å². The molecular weight excluding hydrogens is 406 g/mol. The summed E-state index contributed by atoms with van der Waals surface area (Å²) in [7, 11) is 0. The van der Waals surface area contributed by atoms with Crippen LogP contribution < -0.4 is 10.6 Å². The quantitative estimate of drug-likeness (QED) is 0.460. The summed E-state index contributed by atoms with van der Waals surface area (Å²) >= 11 is 1.73. The second-order valence-corrected chi connectivity index (χ2v) is 8.44. The van der Waals surface area contributed by atoms with Crippen LogP contribution in [0.3, 0.4) is 0 Å². The number of imidazole rings is 1. The molecule has 0 atom stereocenters. The molecule has 0 aliphatic carbocycles. The smallest absolute Gasteiger partial charge is 0.159 e. The SMILES string of the molecule is C=c1c(-c2nc3c(-c4ccc(C)s4)cncc3[nH]2)n[nH]/c1=C/C=C(\C)c1cnccn1. The van der Waals surface area contributed by atoms with Crippen molar-refractivity contribution in [3.63, 3.8) is 0 Å². The van der Waals surface area contributed by atoms with Crippen molar-refractivity contribution in [1.82, 2.24) is 35.1 Å². The van der Waals surface area contributed by atoms with Crippen LogP contribution in [0.1, 0.15) is 17.5 Å². The Labute approximate surface area is 182 Å². The van der Waals surface area contributed by atoms with Gasteiger partial charge in [0.25, 0.3) is 0 Å². The first-order valence-electron chi connectivity index (χ1n) is 9.69. The lowest BCUT2D eigenvalue weighted by Crippen LogP contribution is -2.21. The van der Waals surface area contributed by atoms with Gasteiger partial charge in [-0.15, -0.1) is 11.3 Å². The van der Waals surface area contributed by atoms with Crippen molar-refractivity contribution in [2.45, 2.75) is 13.8 Å². The van der Waals surface area contributed by atoms with Gasteiger partial charge < -0.3 is 4.98 Å². The normalized spacial score (nSPS) is 12.7. The molecule has 0 spiro atoms. The van der Waals surface area contributed by atoms with Crippen molar-refractivity contribution >= 4 is 40.6 Å². The Morgan fingerprint density at radius 3 is 2.81 bits per heavy atom. The second-order valence-electron chi connectivity index (χ2n) is 7.15. The second kappa shape index (κ2) is 7.73. The molecule has 5 heterocycles. The molecule has 0 bridgehead atoms. The molecule has 0 fully saturated rings. The fourth-order valence-corrected chi connectivity index (χ4v) is 4.19. The van der Waals surface area contributed by atoms with E-state index in [-0.39, 0.29) is 0 Å². The molecule has 0 unspecified atom stereocenters. The summed E-state index contributed by atoms with van der Waals surface area (Å²) in [5.74, 6) is 0.660. The van der Waals surface area contributed by atoms with Gasteiger partial charge in [-0.25, -0.2) is 4.98 Å². The number of hydrogen-bond acceptors (Lipinski definition) is 6. The number of allylic oxidation sites excluding steroid dienone is 2. The number of rotatable bonds is 4. The van der Waals surface area contributed by atoms with Crippen LogP contribution in [0.5, 0.6) is 0 Å². The van der Waals surface area contributed by atoms with Crippen LogP contribution >= 0.6 is 11.3 Å². The van der Waals surface area contributed by atoms with Crippen LogP contribution in [0, 0.1) is 6.92 Å². The van der Waals surface area contributed by atoms with E-state index in [1.165, 1.54) is 4.88 Å². The molecule has 7 nitrogen and oxygen atoms in total. The minimum Gasteiger partial charge on any atom is -0.335 e. The summed E-state index contributed by atoms with van der Waals surface area (Å²) < 4.78 is 0. The molecule has 0 aliphatic heterocycles. The maximum atomic E-state index is 4.83. The Balaban J connectivity index is 1.55. The van der Waals surface area contributed by atoms with Crippen LogP contribution in [0.2, 0.25) is 0 Å². The lowest BCUT2D eigenvalue weighted by Gasteiger charge is -1.97. The number of nitrogens with zero attached hydrogens (tertiary/aromatic N) is 5. The zero-order valence-electron chi connectivity index (χ0n) is 17.0. The number of H-pyrrole nitrogens is 2. The van der Waals surface area contributed by atoms with Crippen molar-refractivity contribution in [1.29, 1.82) is 0 Å². The molecule has 5 aromatic rings. The van der Waals surface area contributed by atoms with Crippen molar-refractivity contribution in [2.24, 2.45) is 0 Å². The fourth-order valence-electron chi connectivity index (χ4n) is 3.31. The van der Waals surface area contributed by atoms with Crippen LogP contribution in [0.4, 0.5) is 0 Å². The van der Waals surface area contributed by atoms with E-state index in [9.17, 15) is 0 Å².